The van der Waals surface area contributed by atoms with Gasteiger partial charge in [-0.05, 0) is 42.3 Å². The van der Waals surface area contributed by atoms with Crippen LogP contribution in [0.15, 0.2) is 50.5 Å². The number of nitriles is 2. The van der Waals surface area contributed by atoms with Crippen LogP contribution in [0, 0.1) is 29.6 Å². The summed E-state index contributed by atoms with van der Waals surface area (Å²) in [5, 5.41) is 33.2. The smallest absolute Gasteiger partial charge is 0.227 e. The van der Waals surface area contributed by atoms with Crippen molar-refractivity contribution in [2.24, 2.45) is 0 Å². The second-order valence-corrected chi connectivity index (χ2v) is 9.24. The summed E-state index contributed by atoms with van der Waals surface area (Å²) in [5.41, 5.74) is 10.6. The lowest BCUT2D eigenvalue weighted by molar-refractivity contribution is 0.288. The molecule has 3 heterocycles. The fourth-order valence-electron chi connectivity index (χ4n) is 3.52. The fourth-order valence-corrected chi connectivity index (χ4v) is 5.15. The minimum absolute atomic E-state index is 0.0826. The summed E-state index contributed by atoms with van der Waals surface area (Å²) in [7, 11) is 0. The first kappa shape index (κ1) is 23.5. The normalized spacial score (nSPS) is 10.7. The molecule has 0 bridgehead atoms. The third-order valence-electron chi connectivity index (χ3n) is 5.29. The van der Waals surface area contributed by atoms with Crippen molar-refractivity contribution >= 4 is 28.9 Å². The number of nitrogens with zero attached hydrogens (tertiary/aromatic N) is 4. The second-order valence-electron chi connectivity index (χ2n) is 7.50. The van der Waals surface area contributed by atoms with Crippen molar-refractivity contribution in [1.82, 2.24) is 9.97 Å². The first-order valence-electron chi connectivity index (χ1n) is 10.5. The molecule has 34 heavy (non-hydrogen) atoms. The van der Waals surface area contributed by atoms with E-state index in [1.807, 2.05) is 48.0 Å². The summed E-state index contributed by atoms with van der Waals surface area (Å²) >= 11 is 2.91. The third-order valence-corrected chi connectivity index (χ3v) is 6.96. The minimum Gasteiger partial charge on any atom is -0.441 e. The van der Waals surface area contributed by atoms with Crippen molar-refractivity contribution in [2.75, 3.05) is 12.3 Å². The first-order valence-corrected chi connectivity index (χ1v) is 12.4. The number of oxazole rings is 1. The number of nitrogen functional groups attached to an aromatic ring is 1. The molecule has 170 valence electrons. The Bertz CT molecular complexity index is 1380. The van der Waals surface area contributed by atoms with E-state index in [0.29, 0.717) is 45.5 Å². The number of aromatic nitrogens is 2. The molecule has 0 aliphatic carbocycles. The number of nitrogens with two attached hydrogens (primary N) is 1. The average Bonchev–Trinajstić information content (AvgIpc) is 3.51. The van der Waals surface area contributed by atoms with Gasteiger partial charge in [0.1, 0.15) is 34.3 Å². The number of aryl methyl sites for hydroxylation is 2. The van der Waals surface area contributed by atoms with Crippen molar-refractivity contribution in [3.8, 4) is 34.7 Å². The van der Waals surface area contributed by atoms with Gasteiger partial charge >= 0.3 is 0 Å². The minimum atomic E-state index is 0.0826. The van der Waals surface area contributed by atoms with Gasteiger partial charge in [-0.1, -0.05) is 36.0 Å². The molecule has 0 radical (unpaired) electrons. The van der Waals surface area contributed by atoms with Gasteiger partial charge < -0.3 is 15.3 Å². The lowest BCUT2D eigenvalue weighted by Gasteiger charge is -2.13. The number of benzene rings is 1. The molecule has 0 spiro atoms. The van der Waals surface area contributed by atoms with Crippen molar-refractivity contribution in [3.63, 3.8) is 0 Å². The zero-order valence-corrected chi connectivity index (χ0v) is 20.0. The van der Waals surface area contributed by atoms with Gasteiger partial charge in [0, 0.05) is 28.9 Å². The monoisotopic (exact) mass is 487 g/mol. The highest BCUT2D eigenvalue weighted by molar-refractivity contribution is 7.98. The summed E-state index contributed by atoms with van der Waals surface area (Å²) < 4.78 is 5.81. The van der Waals surface area contributed by atoms with E-state index in [2.05, 4.69) is 22.1 Å². The van der Waals surface area contributed by atoms with Gasteiger partial charge in [-0.3, -0.25) is 0 Å². The van der Waals surface area contributed by atoms with Crippen LogP contribution in [0.5, 0.6) is 0 Å². The molecule has 0 saturated heterocycles. The molecule has 0 amide bonds. The Hall–Kier alpha value is -3.63. The van der Waals surface area contributed by atoms with E-state index in [0.717, 1.165) is 23.2 Å². The molecule has 0 unspecified atom stereocenters. The van der Waals surface area contributed by atoms with Gasteiger partial charge in [-0.2, -0.15) is 21.9 Å². The molecule has 0 aliphatic rings. The number of anilines is 1. The standard InChI is InChI=1S/C25H21N5O2S2/c1-15-21(29-24(32-15)18-8-10-33-13-18)14-34-25-20(12-27)22(19(11-26)23(28)30-25)17-6-4-16(5-7-17)3-2-9-31/h4-8,10,13,31H,2-3,9,14H2,1H3,(H2,28,30). The van der Waals surface area contributed by atoms with Gasteiger partial charge in [-0.15, -0.1) is 0 Å². The highest BCUT2D eigenvalue weighted by atomic mass is 32.2. The molecule has 4 rings (SSSR count). The highest BCUT2D eigenvalue weighted by Gasteiger charge is 2.21. The van der Waals surface area contributed by atoms with Crippen molar-refractivity contribution in [1.29, 1.82) is 10.5 Å². The van der Waals surface area contributed by atoms with Gasteiger partial charge in [0.05, 0.1) is 11.3 Å². The van der Waals surface area contributed by atoms with Crippen molar-refractivity contribution in [2.45, 2.75) is 30.5 Å². The Morgan fingerprint density at radius 2 is 1.85 bits per heavy atom. The number of hydrogen-bond acceptors (Lipinski definition) is 9. The van der Waals surface area contributed by atoms with Crippen molar-refractivity contribution < 1.29 is 9.52 Å². The molecular weight excluding hydrogens is 466 g/mol. The molecule has 0 atom stereocenters. The molecule has 3 aromatic heterocycles. The predicted octanol–water partition coefficient (Wildman–Crippen LogP) is 5.32. The molecule has 4 aromatic rings. The van der Waals surface area contributed by atoms with Crippen LogP contribution in [0.25, 0.3) is 22.6 Å². The summed E-state index contributed by atoms with van der Waals surface area (Å²) in [5.74, 6) is 1.78. The topological polar surface area (TPSA) is 133 Å². The number of hydrogen-bond donors (Lipinski definition) is 2. The third kappa shape index (κ3) is 4.82. The van der Waals surface area contributed by atoms with E-state index in [-0.39, 0.29) is 18.0 Å². The molecule has 7 nitrogen and oxygen atoms in total. The predicted molar refractivity (Wildman–Crippen MR) is 133 cm³/mol. The number of rotatable bonds is 8. The summed E-state index contributed by atoms with van der Waals surface area (Å²) in [4.78, 5) is 8.97. The number of thioether (sulfide) groups is 1. The van der Waals surface area contributed by atoms with Crippen LogP contribution in [0.3, 0.4) is 0 Å². The maximum absolute atomic E-state index is 10.0. The maximum atomic E-state index is 10.0. The average molecular weight is 488 g/mol. The van der Waals surface area contributed by atoms with E-state index in [1.54, 1.807) is 11.3 Å². The van der Waals surface area contributed by atoms with Crippen molar-refractivity contribution in [3.05, 3.63) is 69.2 Å². The van der Waals surface area contributed by atoms with E-state index in [4.69, 9.17) is 15.3 Å². The largest absolute Gasteiger partial charge is 0.441 e. The number of aliphatic hydroxyl groups is 1. The second kappa shape index (κ2) is 10.5. The summed E-state index contributed by atoms with van der Waals surface area (Å²) in [6, 6.07) is 13.9. The molecule has 0 aliphatic heterocycles. The van der Waals surface area contributed by atoms with Gasteiger partial charge in [-0.25, -0.2) is 9.97 Å². The van der Waals surface area contributed by atoms with Gasteiger partial charge in [0.2, 0.25) is 5.89 Å². The Balaban J connectivity index is 1.67. The van der Waals surface area contributed by atoms with Gasteiger partial charge in [0.25, 0.3) is 0 Å². The molecule has 0 saturated carbocycles. The van der Waals surface area contributed by atoms with Gasteiger partial charge in [0.15, 0.2) is 0 Å². The molecular formula is C25H21N5O2S2. The molecule has 9 heteroatoms. The summed E-state index contributed by atoms with van der Waals surface area (Å²) in [6.07, 6.45) is 1.42. The van der Waals surface area contributed by atoms with Crippen LogP contribution < -0.4 is 5.73 Å². The van der Waals surface area contributed by atoms with Crippen LogP contribution in [0.4, 0.5) is 5.82 Å². The lowest BCUT2D eigenvalue weighted by atomic mass is 9.95. The van der Waals surface area contributed by atoms with Crippen LogP contribution in [-0.4, -0.2) is 21.7 Å². The Kier molecular flexibility index (Phi) is 7.29. The lowest BCUT2D eigenvalue weighted by Crippen LogP contribution is -2.03. The van der Waals surface area contributed by atoms with E-state index >= 15 is 0 Å². The van der Waals surface area contributed by atoms with Crippen LogP contribution >= 0.6 is 23.1 Å². The van der Waals surface area contributed by atoms with E-state index in [9.17, 15) is 10.5 Å². The molecule has 3 N–H and O–H groups in total. The fraction of sp³-hybridized carbons (Fsp3) is 0.200. The Morgan fingerprint density at radius 1 is 1.09 bits per heavy atom. The quantitative estimate of drug-likeness (QED) is 0.319. The van der Waals surface area contributed by atoms with Crippen LogP contribution in [0.1, 0.15) is 34.6 Å². The maximum Gasteiger partial charge on any atom is 0.227 e. The number of thiophene rings is 1. The van der Waals surface area contributed by atoms with Crippen LogP contribution in [0.2, 0.25) is 0 Å². The zero-order valence-electron chi connectivity index (χ0n) is 18.4. The SMILES string of the molecule is Cc1oc(-c2ccsc2)nc1CSc1nc(N)c(C#N)c(-c2ccc(CCCO)cc2)c1C#N. The highest BCUT2D eigenvalue weighted by Crippen LogP contribution is 2.37. The van der Waals surface area contributed by atoms with E-state index < -0.39 is 0 Å². The number of pyridine rings is 1. The zero-order chi connectivity index (χ0) is 24.1. The molecule has 1 aromatic carbocycles. The number of aliphatic hydroxyl groups excluding tert-OH is 1. The van der Waals surface area contributed by atoms with E-state index in [1.165, 1.54) is 11.8 Å². The Labute approximate surface area is 205 Å². The Morgan fingerprint density at radius 3 is 2.50 bits per heavy atom. The summed E-state index contributed by atoms with van der Waals surface area (Å²) in [6.45, 7) is 1.98. The van der Waals surface area contributed by atoms with Crippen LogP contribution in [-0.2, 0) is 12.2 Å². The first-order chi connectivity index (χ1) is 16.5. The molecule has 0 fully saturated rings.